The number of hydrogen-bond donors (Lipinski definition) is 1. The maximum absolute atomic E-state index is 13.2. The molecule has 0 radical (unpaired) electrons. The summed E-state index contributed by atoms with van der Waals surface area (Å²) in [6.45, 7) is 1.05. The molecule has 0 aliphatic heterocycles. The summed E-state index contributed by atoms with van der Waals surface area (Å²) in [5.41, 5.74) is 7.34. The first-order valence-corrected chi connectivity index (χ1v) is 6.52. The molecule has 0 bridgehead atoms. The zero-order valence-corrected chi connectivity index (χ0v) is 11.2. The second-order valence-corrected chi connectivity index (χ2v) is 4.39. The van der Waals surface area contributed by atoms with Crippen LogP contribution >= 0.6 is 0 Å². The number of benzene rings is 2. The van der Waals surface area contributed by atoms with Crippen molar-refractivity contribution in [2.45, 2.75) is 13.0 Å². The quantitative estimate of drug-likeness (QED) is 0.624. The Kier molecular flexibility index (Phi) is 5.53. The molecule has 106 valence electrons. The van der Waals surface area contributed by atoms with E-state index in [1.54, 1.807) is 6.07 Å². The highest BCUT2D eigenvalue weighted by Gasteiger charge is 2.05. The Labute approximate surface area is 118 Å². The Hall–Kier alpha value is -1.91. The number of ether oxygens (including phenoxy) is 2. The van der Waals surface area contributed by atoms with Gasteiger partial charge in [0.2, 0.25) is 0 Å². The monoisotopic (exact) mass is 275 g/mol. The molecule has 0 unspecified atom stereocenters. The maximum atomic E-state index is 13.2. The summed E-state index contributed by atoms with van der Waals surface area (Å²) in [5.74, 6) is 0.330. The molecule has 2 aromatic carbocycles. The molecule has 2 rings (SSSR count). The van der Waals surface area contributed by atoms with Gasteiger partial charge in [-0.3, -0.25) is 0 Å². The Morgan fingerprint density at radius 2 is 1.85 bits per heavy atom. The van der Waals surface area contributed by atoms with E-state index in [4.69, 9.17) is 15.2 Å². The van der Waals surface area contributed by atoms with Gasteiger partial charge in [-0.05, 0) is 42.3 Å². The molecule has 0 amide bonds. The van der Waals surface area contributed by atoms with E-state index in [2.05, 4.69) is 0 Å². The minimum absolute atomic E-state index is 0.123. The largest absolute Gasteiger partial charge is 0.467 e. The van der Waals surface area contributed by atoms with E-state index in [9.17, 15) is 4.39 Å². The second kappa shape index (κ2) is 7.62. The van der Waals surface area contributed by atoms with Crippen LogP contribution in [-0.2, 0) is 17.8 Å². The highest BCUT2D eigenvalue weighted by molar-refractivity contribution is 5.34. The van der Waals surface area contributed by atoms with Crippen LogP contribution < -0.4 is 10.5 Å². The lowest BCUT2D eigenvalue weighted by atomic mass is 10.1. The second-order valence-electron chi connectivity index (χ2n) is 4.39. The van der Waals surface area contributed by atoms with Gasteiger partial charge in [0.15, 0.2) is 6.79 Å². The van der Waals surface area contributed by atoms with Crippen LogP contribution in [0.15, 0.2) is 48.5 Å². The van der Waals surface area contributed by atoms with Crippen molar-refractivity contribution in [1.29, 1.82) is 0 Å². The van der Waals surface area contributed by atoms with Crippen LogP contribution in [0.2, 0.25) is 0 Å². The van der Waals surface area contributed by atoms with Gasteiger partial charge in [0.05, 0.1) is 6.61 Å². The average molecular weight is 275 g/mol. The van der Waals surface area contributed by atoms with Gasteiger partial charge in [-0.25, -0.2) is 4.39 Å². The third-order valence-electron chi connectivity index (χ3n) is 2.85. The predicted octanol–water partition coefficient (Wildman–Crippen LogP) is 2.88. The van der Waals surface area contributed by atoms with E-state index in [-0.39, 0.29) is 12.6 Å². The van der Waals surface area contributed by atoms with Crippen molar-refractivity contribution < 1.29 is 13.9 Å². The highest BCUT2D eigenvalue weighted by atomic mass is 19.1. The van der Waals surface area contributed by atoms with Gasteiger partial charge >= 0.3 is 0 Å². The van der Waals surface area contributed by atoms with E-state index < -0.39 is 0 Å². The average Bonchev–Trinajstić information content (AvgIpc) is 2.47. The summed E-state index contributed by atoms with van der Waals surface area (Å²) in [6, 6.07) is 14.3. The summed E-state index contributed by atoms with van der Waals surface area (Å²) in [5, 5.41) is 0. The Morgan fingerprint density at radius 3 is 2.60 bits per heavy atom. The van der Waals surface area contributed by atoms with Gasteiger partial charge in [0, 0.05) is 0 Å². The smallest absolute Gasteiger partial charge is 0.189 e. The highest BCUT2D eigenvalue weighted by Crippen LogP contribution is 2.20. The maximum Gasteiger partial charge on any atom is 0.189 e. The van der Waals surface area contributed by atoms with Gasteiger partial charge in [0.1, 0.15) is 11.6 Å². The van der Waals surface area contributed by atoms with Crippen molar-refractivity contribution in [3.8, 4) is 5.75 Å². The minimum atomic E-state index is -0.286. The molecule has 0 saturated carbocycles. The zero-order chi connectivity index (χ0) is 14.2. The summed E-state index contributed by atoms with van der Waals surface area (Å²) in [7, 11) is 0. The van der Waals surface area contributed by atoms with E-state index >= 15 is 0 Å². The third-order valence-corrected chi connectivity index (χ3v) is 2.85. The van der Waals surface area contributed by atoms with Crippen LogP contribution in [0.4, 0.5) is 4.39 Å². The fourth-order valence-electron chi connectivity index (χ4n) is 1.88. The molecule has 0 aliphatic carbocycles. The van der Waals surface area contributed by atoms with Crippen LogP contribution in [0, 0.1) is 5.82 Å². The molecule has 3 nitrogen and oxygen atoms in total. The van der Waals surface area contributed by atoms with Gasteiger partial charge in [0.25, 0.3) is 0 Å². The van der Waals surface area contributed by atoms with Crippen LogP contribution in [0.25, 0.3) is 0 Å². The van der Waals surface area contributed by atoms with E-state index in [0.29, 0.717) is 25.3 Å². The first-order chi connectivity index (χ1) is 9.79. The fraction of sp³-hybridized carbons (Fsp3) is 0.250. The van der Waals surface area contributed by atoms with Crippen LogP contribution in [-0.4, -0.2) is 13.3 Å². The van der Waals surface area contributed by atoms with Crippen LogP contribution in [0.1, 0.15) is 11.1 Å². The SMILES string of the molecule is NCCc1cc(F)ccc1OCOCc1ccccc1. The number of halogens is 1. The number of nitrogens with two attached hydrogens (primary N) is 1. The van der Waals surface area contributed by atoms with E-state index in [1.807, 2.05) is 30.3 Å². The lowest BCUT2D eigenvalue weighted by Crippen LogP contribution is -2.08. The molecule has 2 N–H and O–H groups in total. The van der Waals surface area contributed by atoms with Crippen molar-refractivity contribution in [2.24, 2.45) is 5.73 Å². The standard InChI is InChI=1S/C16H18FNO2/c17-15-6-7-16(14(10-15)8-9-18)20-12-19-11-13-4-2-1-3-5-13/h1-7,10H,8-9,11-12,18H2. The van der Waals surface area contributed by atoms with E-state index in [1.165, 1.54) is 12.1 Å². The Bertz CT molecular complexity index is 531. The minimum Gasteiger partial charge on any atom is -0.467 e. The van der Waals surface area contributed by atoms with Gasteiger partial charge < -0.3 is 15.2 Å². The van der Waals surface area contributed by atoms with E-state index in [0.717, 1.165) is 11.1 Å². The molecule has 0 aliphatic rings. The number of rotatable bonds is 7. The summed E-state index contributed by atoms with van der Waals surface area (Å²) >= 11 is 0. The molecular weight excluding hydrogens is 257 g/mol. The van der Waals surface area contributed by atoms with Crippen molar-refractivity contribution >= 4 is 0 Å². The van der Waals surface area contributed by atoms with Gasteiger partial charge in [-0.2, -0.15) is 0 Å². The molecule has 0 aromatic heterocycles. The van der Waals surface area contributed by atoms with Crippen molar-refractivity contribution in [3.63, 3.8) is 0 Å². The van der Waals surface area contributed by atoms with Crippen LogP contribution in [0.3, 0.4) is 0 Å². The summed E-state index contributed by atoms with van der Waals surface area (Å²) in [4.78, 5) is 0. The molecule has 0 spiro atoms. The summed E-state index contributed by atoms with van der Waals surface area (Å²) < 4.78 is 24.1. The Balaban J connectivity index is 1.84. The molecule has 4 heteroatoms. The molecule has 0 atom stereocenters. The van der Waals surface area contributed by atoms with Crippen molar-refractivity contribution in [2.75, 3.05) is 13.3 Å². The molecule has 0 fully saturated rings. The molecule has 0 saturated heterocycles. The first kappa shape index (κ1) is 14.5. The van der Waals surface area contributed by atoms with Crippen LogP contribution in [0.5, 0.6) is 5.75 Å². The van der Waals surface area contributed by atoms with Crippen molar-refractivity contribution in [1.82, 2.24) is 0 Å². The zero-order valence-electron chi connectivity index (χ0n) is 11.2. The fourth-order valence-corrected chi connectivity index (χ4v) is 1.88. The number of hydrogen-bond acceptors (Lipinski definition) is 3. The van der Waals surface area contributed by atoms with Gasteiger partial charge in [-0.15, -0.1) is 0 Å². The Morgan fingerprint density at radius 1 is 1.05 bits per heavy atom. The normalized spacial score (nSPS) is 10.5. The third kappa shape index (κ3) is 4.33. The topological polar surface area (TPSA) is 44.5 Å². The predicted molar refractivity (Wildman–Crippen MR) is 75.9 cm³/mol. The molecule has 0 heterocycles. The first-order valence-electron chi connectivity index (χ1n) is 6.52. The summed E-state index contributed by atoms with van der Waals surface area (Å²) in [6.07, 6.45) is 0.575. The molecule has 20 heavy (non-hydrogen) atoms. The van der Waals surface area contributed by atoms with Crippen molar-refractivity contribution in [3.05, 3.63) is 65.5 Å². The lowest BCUT2D eigenvalue weighted by Gasteiger charge is -2.11. The lowest BCUT2D eigenvalue weighted by molar-refractivity contribution is 0.00451. The van der Waals surface area contributed by atoms with Gasteiger partial charge in [-0.1, -0.05) is 30.3 Å². The molecule has 2 aromatic rings. The molecular formula is C16H18FNO2.